The van der Waals surface area contributed by atoms with Gasteiger partial charge in [-0.25, -0.2) is 14.2 Å². The SMILES string of the molecule is CC[C@@]1(O)C(=O)OCc2c1cc1n(c2=O)Cc2c-1nc1cc(F)c(C)c3c1c2[C@@H](NC(=O)[C@@H](C)CCC(=O)CNC(=O)[C@@H](CC(=O)CNC(=O)CCC(=O)OC(C)(C)C)Cc1ccccc1)CC3. The molecule has 0 unspecified atom stereocenters. The molecule has 1 aliphatic carbocycles. The monoisotopic (exact) mass is 935 g/mol. The van der Waals surface area contributed by atoms with Crippen LogP contribution in [-0.4, -0.2) is 74.6 Å². The van der Waals surface area contributed by atoms with Gasteiger partial charge in [0.25, 0.3) is 5.56 Å². The first-order valence-corrected chi connectivity index (χ1v) is 23.1. The molecule has 16 nitrogen and oxygen atoms in total. The minimum absolute atomic E-state index is 0.0333. The average molecular weight is 936 g/mol. The molecule has 3 aliphatic rings. The highest BCUT2D eigenvalue weighted by atomic mass is 19.1. The highest BCUT2D eigenvalue weighted by molar-refractivity contribution is 5.95. The number of carbonyl (C=O) groups excluding carboxylic acids is 7. The number of fused-ring (bicyclic) bond motifs is 5. The van der Waals surface area contributed by atoms with Crippen LogP contribution < -0.4 is 21.5 Å². The molecule has 4 atom stereocenters. The first kappa shape index (κ1) is 49.3. The average Bonchev–Trinajstić information content (AvgIpc) is 3.67. The van der Waals surface area contributed by atoms with Crippen LogP contribution >= 0.6 is 0 Å². The number of nitrogens with zero attached hydrogens (tertiary/aromatic N) is 2. The zero-order chi connectivity index (χ0) is 49.2. The summed E-state index contributed by atoms with van der Waals surface area (Å²) in [5, 5.41) is 20.4. The van der Waals surface area contributed by atoms with Crippen LogP contribution in [-0.2, 0) is 74.6 Å². The van der Waals surface area contributed by atoms with Gasteiger partial charge in [-0.2, -0.15) is 0 Å². The van der Waals surface area contributed by atoms with E-state index in [-0.39, 0.29) is 94.0 Å². The van der Waals surface area contributed by atoms with Crippen molar-refractivity contribution in [2.24, 2.45) is 11.8 Å². The molecule has 2 aromatic heterocycles. The highest BCUT2D eigenvalue weighted by Gasteiger charge is 2.46. The molecule has 3 amide bonds. The van der Waals surface area contributed by atoms with Gasteiger partial charge >= 0.3 is 11.9 Å². The van der Waals surface area contributed by atoms with Crippen LogP contribution in [0.25, 0.3) is 22.3 Å². The second-order valence-electron chi connectivity index (χ2n) is 19.1. The summed E-state index contributed by atoms with van der Waals surface area (Å²) < 4.78 is 27.4. The maximum Gasteiger partial charge on any atom is 0.343 e. The van der Waals surface area contributed by atoms with Crippen molar-refractivity contribution < 1.29 is 52.5 Å². The van der Waals surface area contributed by atoms with Crippen molar-refractivity contribution in [3.63, 3.8) is 0 Å². The summed E-state index contributed by atoms with van der Waals surface area (Å²) in [7, 11) is 0. The Hall–Kier alpha value is -6.62. The van der Waals surface area contributed by atoms with Crippen LogP contribution in [0.2, 0.25) is 0 Å². The van der Waals surface area contributed by atoms with Gasteiger partial charge in [0.1, 0.15) is 18.0 Å². The lowest BCUT2D eigenvalue weighted by molar-refractivity contribution is -0.172. The molecule has 4 heterocycles. The Balaban J connectivity index is 0.992. The second kappa shape index (κ2) is 19.9. The van der Waals surface area contributed by atoms with E-state index < -0.39 is 70.0 Å². The number of ketones is 2. The number of aryl methyl sites for hydroxylation is 1. The molecule has 0 bridgehead atoms. The molecule has 2 aliphatic heterocycles. The molecular formula is C51H58FN5O11. The van der Waals surface area contributed by atoms with E-state index in [0.717, 1.165) is 11.1 Å². The van der Waals surface area contributed by atoms with Crippen LogP contribution in [0.15, 0.2) is 47.3 Å². The minimum Gasteiger partial charge on any atom is -0.460 e. The van der Waals surface area contributed by atoms with Gasteiger partial charge in [0.15, 0.2) is 17.2 Å². The predicted molar refractivity (Wildman–Crippen MR) is 246 cm³/mol. The van der Waals surface area contributed by atoms with Crippen LogP contribution in [0.1, 0.15) is 125 Å². The number of hydrogen-bond acceptors (Lipinski definition) is 12. The van der Waals surface area contributed by atoms with Gasteiger partial charge in [-0.05, 0) is 88.1 Å². The number of nitrogens with one attached hydrogen (secondary N) is 3. The number of pyridine rings is 2. The molecule has 4 N–H and O–H groups in total. The summed E-state index contributed by atoms with van der Waals surface area (Å²) in [5.74, 6) is -5.43. The third-order valence-corrected chi connectivity index (χ3v) is 13.1. The summed E-state index contributed by atoms with van der Waals surface area (Å²) in [5.41, 5.74) is 1.59. The largest absolute Gasteiger partial charge is 0.460 e. The van der Waals surface area contributed by atoms with Crippen molar-refractivity contribution in [3.05, 3.63) is 97.6 Å². The Labute approximate surface area is 392 Å². The van der Waals surface area contributed by atoms with Crippen molar-refractivity contribution >= 4 is 52.1 Å². The summed E-state index contributed by atoms with van der Waals surface area (Å²) in [6.07, 6.45) is 0.615. The van der Waals surface area contributed by atoms with Crippen LogP contribution in [0.5, 0.6) is 0 Å². The number of Topliss-reactive ketones (excluding diaryl/α,β-unsaturated/α-hetero) is 2. The normalized spacial score (nSPS) is 17.8. The maximum absolute atomic E-state index is 15.4. The van der Waals surface area contributed by atoms with Gasteiger partial charge < -0.3 is 35.1 Å². The zero-order valence-corrected chi connectivity index (χ0v) is 39.3. The number of ether oxygens (including phenoxy) is 2. The lowest BCUT2D eigenvalue weighted by atomic mass is 9.81. The number of amides is 3. The first-order chi connectivity index (χ1) is 32.2. The molecule has 0 radical (unpaired) electrons. The zero-order valence-electron chi connectivity index (χ0n) is 39.3. The molecule has 0 saturated carbocycles. The summed E-state index contributed by atoms with van der Waals surface area (Å²) >= 11 is 0. The smallest absolute Gasteiger partial charge is 0.343 e. The lowest BCUT2D eigenvalue weighted by Crippen LogP contribution is -2.44. The maximum atomic E-state index is 15.4. The van der Waals surface area contributed by atoms with Gasteiger partial charge in [-0.3, -0.25) is 33.6 Å². The Bertz CT molecular complexity index is 2780. The third kappa shape index (κ3) is 10.4. The molecule has 0 saturated heterocycles. The Morgan fingerprint density at radius 3 is 2.40 bits per heavy atom. The minimum atomic E-state index is -2.03. The molecule has 17 heteroatoms. The van der Waals surface area contributed by atoms with Crippen LogP contribution in [0.3, 0.4) is 0 Å². The van der Waals surface area contributed by atoms with E-state index in [1.54, 1.807) is 59.7 Å². The third-order valence-electron chi connectivity index (χ3n) is 13.1. The standard InChI is InChI=1S/C51H58FN5O11/c1-7-51(66)36-21-40-45-34(25-57(40)48(64)35(36)26-67-49(51)65)44-38(16-15-33-28(3)37(52)22-39(55-45)43(33)44)56-46(62)27(2)13-14-31(58)23-54-47(63)30(19-29-11-9-8-10-12-29)20-32(59)24-53-41(60)17-18-42(61)68-50(4,5)6/h8-12,21-22,27,30,38,66H,7,13-20,23-26H2,1-6H3,(H,53,60)(H,54,63)(H,56,62)/t27-,30+,38-,51-/m0/s1. The predicted octanol–water partition coefficient (Wildman–Crippen LogP) is 4.79. The van der Waals surface area contributed by atoms with Crippen LogP contribution in [0, 0.1) is 24.6 Å². The molecular weight excluding hydrogens is 878 g/mol. The van der Waals surface area contributed by atoms with Gasteiger partial charge in [-0.1, -0.05) is 44.2 Å². The van der Waals surface area contributed by atoms with E-state index >= 15 is 4.39 Å². The van der Waals surface area contributed by atoms with E-state index in [1.807, 2.05) is 18.2 Å². The summed E-state index contributed by atoms with van der Waals surface area (Å²) in [4.78, 5) is 110. The number of aromatic nitrogens is 2. The number of hydrogen-bond donors (Lipinski definition) is 4. The van der Waals surface area contributed by atoms with Gasteiger partial charge in [0, 0.05) is 53.7 Å². The van der Waals surface area contributed by atoms with Crippen molar-refractivity contribution in [2.75, 3.05) is 13.1 Å². The fraction of sp³-hybridized carbons (Fsp3) is 0.471. The Morgan fingerprint density at radius 1 is 0.971 bits per heavy atom. The van der Waals surface area contributed by atoms with Crippen molar-refractivity contribution in [2.45, 2.75) is 130 Å². The molecule has 2 aromatic carbocycles. The topological polar surface area (TPSA) is 229 Å². The van der Waals surface area contributed by atoms with Crippen LogP contribution in [0.4, 0.5) is 4.39 Å². The number of esters is 2. The van der Waals surface area contributed by atoms with Gasteiger partial charge in [0.2, 0.25) is 17.7 Å². The second-order valence-corrected chi connectivity index (χ2v) is 19.1. The molecule has 0 spiro atoms. The van der Waals surface area contributed by atoms with E-state index in [4.69, 9.17) is 14.5 Å². The number of rotatable bonds is 18. The molecule has 68 heavy (non-hydrogen) atoms. The fourth-order valence-electron chi connectivity index (χ4n) is 9.34. The Morgan fingerprint density at radius 2 is 1.69 bits per heavy atom. The number of cyclic esters (lactones) is 1. The van der Waals surface area contributed by atoms with E-state index in [9.17, 15) is 43.5 Å². The number of benzene rings is 2. The summed E-state index contributed by atoms with van der Waals surface area (Å²) in [6, 6.07) is 11.4. The molecule has 0 fully saturated rings. The number of halogens is 1. The fourth-order valence-corrected chi connectivity index (χ4v) is 9.34. The van der Waals surface area contributed by atoms with Gasteiger partial charge in [0.05, 0.1) is 54.6 Å². The number of carbonyl (C=O) groups is 7. The highest BCUT2D eigenvalue weighted by Crippen LogP contribution is 2.46. The van der Waals surface area contributed by atoms with Crippen molar-refractivity contribution in [1.82, 2.24) is 25.5 Å². The van der Waals surface area contributed by atoms with E-state index in [0.29, 0.717) is 51.8 Å². The molecule has 360 valence electrons. The van der Waals surface area contributed by atoms with E-state index in [2.05, 4.69) is 16.0 Å². The first-order valence-electron chi connectivity index (χ1n) is 23.1. The van der Waals surface area contributed by atoms with Crippen molar-refractivity contribution in [1.29, 1.82) is 0 Å². The van der Waals surface area contributed by atoms with Crippen molar-refractivity contribution in [3.8, 4) is 11.4 Å². The summed E-state index contributed by atoms with van der Waals surface area (Å²) in [6.45, 7) is 9.27. The lowest BCUT2D eigenvalue weighted by Gasteiger charge is -2.31. The molecule has 7 rings (SSSR count). The molecule has 4 aromatic rings. The number of aliphatic hydroxyl groups is 1. The Kier molecular flexibility index (Phi) is 14.4. The van der Waals surface area contributed by atoms with E-state index in [1.165, 1.54) is 10.6 Å². The quantitative estimate of drug-likeness (QED) is 0.0870. The van der Waals surface area contributed by atoms with Gasteiger partial charge in [-0.15, -0.1) is 0 Å².